The predicted octanol–water partition coefficient (Wildman–Crippen LogP) is 2.41. The second-order valence-corrected chi connectivity index (χ2v) is 3.26. The molecule has 14 heavy (non-hydrogen) atoms. The zero-order valence-corrected chi connectivity index (χ0v) is 8.89. The van der Waals surface area contributed by atoms with Crippen LogP contribution in [-0.2, 0) is 4.74 Å². The SMILES string of the molecule is CCOC(=O)c1ccc(C)c(Cl)c1N. The Morgan fingerprint density at radius 2 is 2.21 bits per heavy atom. The molecule has 4 heteroatoms. The summed E-state index contributed by atoms with van der Waals surface area (Å²) in [5, 5.41) is 0.413. The number of esters is 1. The molecule has 0 saturated heterocycles. The molecule has 1 aromatic rings. The lowest BCUT2D eigenvalue weighted by atomic mass is 10.1. The third kappa shape index (κ3) is 1.99. The summed E-state index contributed by atoms with van der Waals surface area (Å²) in [6.45, 7) is 3.89. The van der Waals surface area contributed by atoms with Crippen molar-refractivity contribution in [2.24, 2.45) is 0 Å². The smallest absolute Gasteiger partial charge is 0.340 e. The lowest BCUT2D eigenvalue weighted by Crippen LogP contribution is -2.08. The Bertz CT molecular complexity index is 363. The zero-order valence-electron chi connectivity index (χ0n) is 8.13. The Balaban J connectivity index is 3.11. The summed E-state index contributed by atoms with van der Waals surface area (Å²) in [7, 11) is 0. The van der Waals surface area contributed by atoms with Gasteiger partial charge in [-0.15, -0.1) is 0 Å². The summed E-state index contributed by atoms with van der Waals surface area (Å²) in [5.41, 5.74) is 7.13. The maximum absolute atomic E-state index is 11.4. The monoisotopic (exact) mass is 213 g/mol. The fourth-order valence-corrected chi connectivity index (χ4v) is 1.25. The van der Waals surface area contributed by atoms with Gasteiger partial charge in [-0.25, -0.2) is 4.79 Å². The molecule has 0 aliphatic heterocycles. The molecule has 0 unspecified atom stereocenters. The van der Waals surface area contributed by atoms with Crippen LogP contribution in [0.25, 0.3) is 0 Å². The molecule has 0 saturated carbocycles. The van der Waals surface area contributed by atoms with Crippen LogP contribution in [0.5, 0.6) is 0 Å². The normalized spacial score (nSPS) is 9.93. The summed E-state index contributed by atoms with van der Waals surface area (Å²) >= 11 is 5.89. The van der Waals surface area contributed by atoms with E-state index in [4.69, 9.17) is 22.1 Å². The lowest BCUT2D eigenvalue weighted by Gasteiger charge is -2.08. The molecule has 1 rings (SSSR count). The Hall–Kier alpha value is -1.22. The van der Waals surface area contributed by atoms with Gasteiger partial charge < -0.3 is 10.5 Å². The van der Waals surface area contributed by atoms with Gasteiger partial charge in [0.15, 0.2) is 0 Å². The molecule has 0 fully saturated rings. The number of aryl methyl sites for hydroxylation is 1. The van der Waals surface area contributed by atoms with Gasteiger partial charge in [0.1, 0.15) is 0 Å². The zero-order chi connectivity index (χ0) is 10.7. The highest BCUT2D eigenvalue weighted by Crippen LogP contribution is 2.26. The molecular formula is C10H12ClNO2. The van der Waals surface area contributed by atoms with Crippen LogP contribution in [0, 0.1) is 6.92 Å². The average Bonchev–Trinajstić information content (AvgIpc) is 2.15. The van der Waals surface area contributed by atoms with E-state index >= 15 is 0 Å². The average molecular weight is 214 g/mol. The van der Waals surface area contributed by atoms with E-state index in [1.165, 1.54) is 0 Å². The van der Waals surface area contributed by atoms with Crippen molar-refractivity contribution in [3.8, 4) is 0 Å². The fraction of sp³-hybridized carbons (Fsp3) is 0.300. The van der Waals surface area contributed by atoms with Crippen molar-refractivity contribution in [1.82, 2.24) is 0 Å². The molecule has 0 bridgehead atoms. The maximum Gasteiger partial charge on any atom is 0.340 e. The predicted molar refractivity (Wildman–Crippen MR) is 56.6 cm³/mol. The van der Waals surface area contributed by atoms with Gasteiger partial charge >= 0.3 is 5.97 Å². The van der Waals surface area contributed by atoms with Crippen molar-refractivity contribution in [3.63, 3.8) is 0 Å². The summed E-state index contributed by atoms with van der Waals surface area (Å²) in [5.74, 6) is -0.438. The molecule has 0 spiro atoms. The van der Waals surface area contributed by atoms with Gasteiger partial charge in [0.25, 0.3) is 0 Å². The Morgan fingerprint density at radius 3 is 2.79 bits per heavy atom. The van der Waals surface area contributed by atoms with Crippen molar-refractivity contribution in [2.45, 2.75) is 13.8 Å². The number of anilines is 1. The molecule has 0 heterocycles. The first-order chi connectivity index (χ1) is 6.57. The van der Waals surface area contributed by atoms with E-state index in [9.17, 15) is 4.79 Å². The van der Waals surface area contributed by atoms with Crippen molar-refractivity contribution in [2.75, 3.05) is 12.3 Å². The van der Waals surface area contributed by atoms with Crippen LogP contribution in [0.15, 0.2) is 12.1 Å². The summed E-state index contributed by atoms with van der Waals surface area (Å²) in [6.07, 6.45) is 0. The quantitative estimate of drug-likeness (QED) is 0.606. The summed E-state index contributed by atoms with van der Waals surface area (Å²) in [4.78, 5) is 11.4. The van der Waals surface area contributed by atoms with E-state index < -0.39 is 5.97 Å². The van der Waals surface area contributed by atoms with Crippen molar-refractivity contribution >= 4 is 23.3 Å². The third-order valence-electron chi connectivity index (χ3n) is 1.87. The molecule has 76 valence electrons. The van der Waals surface area contributed by atoms with E-state index in [0.717, 1.165) is 5.56 Å². The number of carbonyl (C=O) groups excluding carboxylic acids is 1. The Kier molecular flexibility index (Phi) is 3.36. The van der Waals surface area contributed by atoms with Gasteiger partial charge in [0.05, 0.1) is 22.9 Å². The number of ether oxygens (including phenoxy) is 1. The Morgan fingerprint density at radius 1 is 1.57 bits per heavy atom. The topological polar surface area (TPSA) is 52.3 Å². The van der Waals surface area contributed by atoms with Crippen LogP contribution >= 0.6 is 11.6 Å². The number of hydrogen-bond donors (Lipinski definition) is 1. The number of rotatable bonds is 2. The first-order valence-corrected chi connectivity index (χ1v) is 4.67. The molecule has 0 radical (unpaired) electrons. The third-order valence-corrected chi connectivity index (χ3v) is 2.37. The second kappa shape index (κ2) is 4.33. The number of halogens is 1. The highest BCUT2D eigenvalue weighted by molar-refractivity contribution is 6.34. The van der Waals surface area contributed by atoms with Crippen LogP contribution in [0.1, 0.15) is 22.8 Å². The number of carbonyl (C=O) groups is 1. The molecule has 0 aliphatic rings. The van der Waals surface area contributed by atoms with Gasteiger partial charge in [-0.05, 0) is 25.5 Å². The van der Waals surface area contributed by atoms with E-state index in [1.54, 1.807) is 19.1 Å². The van der Waals surface area contributed by atoms with Crippen LogP contribution < -0.4 is 5.73 Å². The van der Waals surface area contributed by atoms with Crippen molar-refractivity contribution < 1.29 is 9.53 Å². The van der Waals surface area contributed by atoms with Gasteiger partial charge in [-0.3, -0.25) is 0 Å². The minimum absolute atomic E-state index is 0.283. The van der Waals surface area contributed by atoms with E-state index in [1.807, 2.05) is 6.92 Å². The molecule has 0 atom stereocenters. The van der Waals surface area contributed by atoms with Gasteiger partial charge in [-0.2, -0.15) is 0 Å². The summed E-state index contributed by atoms with van der Waals surface area (Å²) in [6, 6.07) is 3.36. The lowest BCUT2D eigenvalue weighted by molar-refractivity contribution is 0.0527. The van der Waals surface area contributed by atoms with Gasteiger partial charge in [-0.1, -0.05) is 17.7 Å². The first-order valence-electron chi connectivity index (χ1n) is 4.29. The van der Waals surface area contributed by atoms with E-state index in [2.05, 4.69) is 0 Å². The molecular weight excluding hydrogens is 202 g/mol. The van der Waals surface area contributed by atoms with Crippen molar-refractivity contribution in [1.29, 1.82) is 0 Å². The van der Waals surface area contributed by atoms with Crippen LogP contribution in [0.3, 0.4) is 0 Å². The number of benzene rings is 1. The fourth-order valence-electron chi connectivity index (χ4n) is 1.09. The number of hydrogen-bond acceptors (Lipinski definition) is 3. The largest absolute Gasteiger partial charge is 0.462 e. The second-order valence-electron chi connectivity index (χ2n) is 2.88. The van der Waals surface area contributed by atoms with Crippen LogP contribution in [-0.4, -0.2) is 12.6 Å². The van der Waals surface area contributed by atoms with Crippen molar-refractivity contribution in [3.05, 3.63) is 28.3 Å². The minimum atomic E-state index is -0.438. The van der Waals surface area contributed by atoms with Gasteiger partial charge in [0.2, 0.25) is 0 Å². The molecule has 0 amide bonds. The highest BCUT2D eigenvalue weighted by Gasteiger charge is 2.13. The van der Waals surface area contributed by atoms with E-state index in [0.29, 0.717) is 17.2 Å². The molecule has 3 nitrogen and oxygen atoms in total. The summed E-state index contributed by atoms with van der Waals surface area (Å²) < 4.78 is 4.83. The first kappa shape index (κ1) is 10.9. The standard InChI is InChI=1S/C10H12ClNO2/c1-3-14-10(13)7-5-4-6(2)8(11)9(7)12/h4-5H,3,12H2,1-2H3. The minimum Gasteiger partial charge on any atom is -0.462 e. The maximum atomic E-state index is 11.4. The van der Waals surface area contributed by atoms with Crippen LogP contribution in [0.2, 0.25) is 5.02 Å². The Labute approximate surface area is 87.8 Å². The molecule has 1 aromatic carbocycles. The molecule has 0 aromatic heterocycles. The van der Waals surface area contributed by atoms with Gasteiger partial charge in [0, 0.05) is 0 Å². The number of nitrogen functional groups attached to an aromatic ring is 1. The van der Waals surface area contributed by atoms with Crippen LogP contribution in [0.4, 0.5) is 5.69 Å². The number of nitrogens with two attached hydrogens (primary N) is 1. The highest BCUT2D eigenvalue weighted by atomic mass is 35.5. The molecule has 0 aliphatic carbocycles. The molecule has 2 N–H and O–H groups in total. The van der Waals surface area contributed by atoms with E-state index in [-0.39, 0.29) is 5.69 Å².